The van der Waals surface area contributed by atoms with Crippen LogP contribution in [0.4, 0.5) is 0 Å². The zero-order valence-electron chi connectivity index (χ0n) is 11.0. The molecule has 0 saturated carbocycles. The average Bonchev–Trinajstić information content (AvgIpc) is 2.98. The molecule has 2 aromatic rings. The highest BCUT2D eigenvalue weighted by molar-refractivity contribution is 5.08. The summed E-state index contributed by atoms with van der Waals surface area (Å²) in [6.45, 7) is 7.80. The Balaban J connectivity index is 1.68. The monoisotopic (exact) mass is 248 g/mol. The summed E-state index contributed by atoms with van der Waals surface area (Å²) in [4.78, 5) is 0. The lowest BCUT2D eigenvalue weighted by atomic mass is 10.3. The molecule has 0 spiro atoms. The van der Waals surface area contributed by atoms with E-state index in [4.69, 9.17) is 0 Å². The first-order chi connectivity index (χ1) is 8.79. The van der Waals surface area contributed by atoms with Gasteiger partial charge in [0.15, 0.2) is 0 Å². The van der Waals surface area contributed by atoms with Crippen molar-refractivity contribution in [2.24, 2.45) is 0 Å². The number of aryl methyl sites for hydroxylation is 3. The van der Waals surface area contributed by atoms with Gasteiger partial charge in [-0.1, -0.05) is 5.21 Å². The molecule has 6 nitrogen and oxygen atoms in total. The molecular weight excluding hydrogens is 228 g/mol. The van der Waals surface area contributed by atoms with Crippen molar-refractivity contribution in [3.63, 3.8) is 0 Å². The van der Waals surface area contributed by atoms with Crippen LogP contribution in [-0.4, -0.2) is 31.3 Å². The molecule has 1 N–H and O–H groups in total. The number of hydrogen-bond donors (Lipinski definition) is 1. The standard InChI is InChI=1S/C12H20N6/c1-3-18-12(9-11(2)15-18)10-13-5-4-7-17-8-6-14-16-17/h6,8-9,13H,3-5,7,10H2,1-2H3. The molecule has 6 heteroatoms. The van der Waals surface area contributed by atoms with Crippen molar-refractivity contribution in [2.45, 2.75) is 39.9 Å². The lowest BCUT2D eigenvalue weighted by Crippen LogP contribution is -2.19. The third-order valence-electron chi connectivity index (χ3n) is 2.80. The van der Waals surface area contributed by atoms with Crippen molar-refractivity contribution in [1.82, 2.24) is 30.1 Å². The Labute approximate surface area is 107 Å². The van der Waals surface area contributed by atoms with Gasteiger partial charge in [-0.2, -0.15) is 5.10 Å². The highest BCUT2D eigenvalue weighted by Crippen LogP contribution is 2.03. The number of hydrogen-bond acceptors (Lipinski definition) is 4. The smallest absolute Gasteiger partial charge is 0.0692 e. The summed E-state index contributed by atoms with van der Waals surface area (Å²) >= 11 is 0. The van der Waals surface area contributed by atoms with Gasteiger partial charge in [0.25, 0.3) is 0 Å². The van der Waals surface area contributed by atoms with Crippen molar-refractivity contribution in [3.8, 4) is 0 Å². The summed E-state index contributed by atoms with van der Waals surface area (Å²) in [5, 5.41) is 15.6. The Morgan fingerprint density at radius 3 is 3.00 bits per heavy atom. The van der Waals surface area contributed by atoms with Crippen LogP contribution >= 0.6 is 0 Å². The highest BCUT2D eigenvalue weighted by Gasteiger charge is 2.02. The largest absolute Gasteiger partial charge is 0.311 e. The molecule has 0 atom stereocenters. The van der Waals surface area contributed by atoms with Gasteiger partial charge < -0.3 is 5.32 Å². The average molecular weight is 248 g/mol. The topological polar surface area (TPSA) is 60.6 Å². The zero-order valence-corrected chi connectivity index (χ0v) is 11.0. The Bertz CT molecular complexity index is 459. The van der Waals surface area contributed by atoms with E-state index in [0.717, 1.165) is 38.3 Å². The summed E-state index contributed by atoms with van der Waals surface area (Å²) < 4.78 is 3.89. The van der Waals surface area contributed by atoms with Gasteiger partial charge in [-0.3, -0.25) is 9.36 Å². The second kappa shape index (κ2) is 6.30. The summed E-state index contributed by atoms with van der Waals surface area (Å²) in [7, 11) is 0. The van der Waals surface area contributed by atoms with Gasteiger partial charge in [-0.25, -0.2) is 0 Å². The molecule has 2 aromatic heterocycles. The third-order valence-corrected chi connectivity index (χ3v) is 2.80. The molecule has 0 unspecified atom stereocenters. The van der Waals surface area contributed by atoms with Crippen molar-refractivity contribution in [3.05, 3.63) is 29.8 Å². The van der Waals surface area contributed by atoms with Gasteiger partial charge >= 0.3 is 0 Å². The van der Waals surface area contributed by atoms with Crippen LogP contribution in [0.25, 0.3) is 0 Å². The fourth-order valence-electron chi connectivity index (χ4n) is 1.95. The van der Waals surface area contributed by atoms with Crippen molar-refractivity contribution in [2.75, 3.05) is 6.54 Å². The molecular formula is C12H20N6. The minimum absolute atomic E-state index is 0.867. The van der Waals surface area contributed by atoms with E-state index in [2.05, 4.69) is 33.7 Å². The van der Waals surface area contributed by atoms with Crippen molar-refractivity contribution in [1.29, 1.82) is 0 Å². The van der Waals surface area contributed by atoms with Gasteiger partial charge in [0.1, 0.15) is 0 Å². The van der Waals surface area contributed by atoms with Crippen LogP contribution in [0.15, 0.2) is 18.5 Å². The fourth-order valence-corrected chi connectivity index (χ4v) is 1.95. The molecule has 0 aliphatic heterocycles. The lowest BCUT2D eigenvalue weighted by molar-refractivity contribution is 0.518. The molecule has 2 rings (SSSR count). The number of nitrogens with one attached hydrogen (secondary N) is 1. The molecule has 0 bridgehead atoms. The maximum Gasteiger partial charge on any atom is 0.0692 e. The van der Waals surface area contributed by atoms with E-state index in [9.17, 15) is 0 Å². The minimum Gasteiger partial charge on any atom is -0.311 e. The summed E-state index contributed by atoms with van der Waals surface area (Å²) in [6.07, 6.45) is 4.63. The van der Waals surface area contributed by atoms with E-state index in [0.29, 0.717) is 0 Å². The van der Waals surface area contributed by atoms with Gasteiger partial charge in [-0.15, -0.1) is 5.10 Å². The number of aromatic nitrogens is 5. The van der Waals surface area contributed by atoms with Crippen LogP contribution < -0.4 is 5.32 Å². The number of rotatable bonds is 7. The summed E-state index contributed by atoms with van der Waals surface area (Å²) in [6, 6.07) is 2.13. The molecule has 18 heavy (non-hydrogen) atoms. The van der Waals surface area contributed by atoms with Crippen LogP contribution in [0.3, 0.4) is 0 Å². The molecule has 0 fully saturated rings. The highest BCUT2D eigenvalue weighted by atomic mass is 15.4. The molecule has 98 valence electrons. The fraction of sp³-hybridized carbons (Fsp3) is 0.583. The third kappa shape index (κ3) is 3.40. The summed E-state index contributed by atoms with van der Waals surface area (Å²) in [5.74, 6) is 0. The quantitative estimate of drug-likeness (QED) is 0.742. The van der Waals surface area contributed by atoms with Crippen molar-refractivity contribution >= 4 is 0 Å². The van der Waals surface area contributed by atoms with Crippen molar-refractivity contribution < 1.29 is 0 Å². The Kier molecular flexibility index (Phi) is 4.46. The maximum atomic E-state index is 4.42. The molecule has 0 amide bonds. The van der Waals surface area contributed by atoms with Crippen LogP contribution in [0.2, 0.25) is 0 Å². The lowest BCUT2D eigenvalue weighted by Gasteiger charge is -2.06. The minimum atomic E-state index is 0.867. The first kappa shape index (κ1) is 12.8. The Hall–Kier alpha value is -1.69. The van der Waals surface area contributed by atoms with Crippen LogP contribution in [0.5, 0.6) is 0 Å². The predicted octanol–water partition coefficient (Wildman–Crippen LogP) is 0.983. The van der Waals surface area contributed by atoms with Crippen LogP contribution in [0, 0.1) is 6.92 Å². The maximum absolute atomic E-state index is 4.42. The van der Waals surface area contributed by atoms with E-state index in [-0.39, 0.29) is 0 Å². The zero-order chi connectivity index (χ0) is 12.8. The normalized spacial score (nSPS) is 11.0. The van der Waals surface area contributed by atoms with E-state index in [1.807, 2.05) is 22.5 Å². The Morgan fingerprint density at radius 1 is 1.39 bits per heavy atom. The molecule has 0 radical (unpaired) electrons. The van der Waals surface area contributed by atoms with E-state index in [1.54, 1.807) is 6.20 Å². The molecule has 0 aliphatic rings. The first-order valence-electron chi connectivity index (χ1n) is 6.37. The van der Waals surface area contributed by atoms with Crippen LogP contribution in [-0.2, 0) is 19.6 Å². The van der Waals surface area contributed by atoms with Gasteiger partial charge in [0.05, 0.1) is 17.6 Å². The van der Waals surface area contributed by atoms with E-state index in [1.165, 1.54) is 5.69 Å². The summed E-state index contributed by atoms with van der Waals surface area (Å²) in [5.41, 5.74) is 2.33. The van der Waals surface area contributed by atoms with E-state index >= 15 is 0 Å². The van der Waals surface area contributed by atoms with Gasteiger partial charge in [0, 0.05) is 25.8 Å². The molecule has 0 aliphatic carbocycles. The number of nitrogens with zero attached hydrogens (tertiary/aromatic N) is 5. The van der Waals surface area contributed by atoms with Gasteiger partial charge in [0.2, 0.25) is 0 Å². The second-order valence-electron chi connectivity index (χ2n) is 4.29. The van der Waals surface area contributed by atoms with Gasteiger partial charge in [-0.05, 0) is 32.9 Å². The molecule has 2 heterocycles. The van der Waals surface area contributed by atoms with E-state index < -0.39 is 0 Å². The SMILES string of the molecule is CCn1nc(C)cc1CNCCCn1ccnn1. The molecule has 0 saturated heterocycles. The second-order valence-corrected chi connectivity index (χ2v) is 4.29. The van der Waals surface area contributed by atoms with Crippen LogP contribution in [0.1, 0.15) is 24.7 Å². The predicted molar refractivity (Wildman–Crippen MR) is 69.0 cm³/mol. The first-order valence-corrected chi connectivity index (χ1v) is 6.37. The molecule has 0 aromatic carbocycles. The Morgan fingerprint density at radius 2 is 2.28 bits per heavy atom.